The highest BCUT2D eigenvalue weighted by Crippen LogP contribution is 2.39. The van der Waals surface area contributed by atoms with Crippen molar-refractivity contribution in [3.05, 3.63) is 65.7 Å². The number of likely N-dealkylation sites (tertiary alicyclic amines) is 1. The van der Waals surface area contributed by atoms with Crippen LogP contribution in [-0.4, -0.2) is 37.0 Å². The molecule has 0 spiro atoms. The summed E-state index contributed by atoms with van der Waals surface area (Å²) < 4.78 is 26.8. The topological polar surface area (TPSA) is 32.3 Å². The summed E-state index contributed by atoms with van der Waals surface area (Å²) in [4.78, 5) is 15.7. The van der Waals surface area contributed by atoms with E-state index in [1.54, 1.807) is 0 Å². The van der Waals surface area contributed by atoms with Gasteiger partial charge in [-0.15, -0.1) is 24.2 Å². The minimum atomic E-state index is -0.893. The van der Waals surface area contributed by atoms with Crippen molar-refractivity contribution in [1.82, 2.24) is 10.2 Å². The molecule has 2 aromatic rings. The van der Waals surface area contributed by atoms with E-state index in [0.717, 1.165) is 43.9 Å². The van der Waals surface area contributed by atoms with Crippen LogP contribution < -0.4 is 5.32 Å². The molecule has 1 amide bonds. The molecule has 0 aromatic heterocycles. The van der Waals surface area contributed by atoms with E-state index in [2.05, 4.69) is 5.32 Å². The Bertz CT molecular complexity index is 796. The number of benzene rings is 2. The van der Waals surface area contributed by atoms with Crippen molar-refractivity contribution in [3.63, 3.8) is 0 Å². The predicted octanol–water partition coefficient (Wildman–Crippen LogP) is 3.90. The quantitative estimate of drug-likeness (QED) is 0.776. The zero-order chi connectivity index (χ0) is 18.1. The fourth-order valence-corrected chi connectivity index (χ4v) is 4.91. The zero-order valence-electron chi connectivity index (χ0n) is 14.6. The van der Waals surface area contributed by atoms with Crippen molar-refractivity contribution in [1.29, 1.82) is 0 Å². The van der Waals surface area contributed by atoms with E-state index >= 15 is 0 Å². The Morgan fingerprint density at radius 3 is 2.33 bits per heavy atom. The average Bonchev–Trinajstić information content (AvgIpc) is 3.25. The molecule has 1 N–H and O–H groups in total. The van der Waals surface area contributed by atoms with Gasteiger partial charge in [0.15, 0.2) is 11.6 Å². The Kier molecular flexibility index (Phi) is 6.40. The highest BCUT2D eigenvalue weighted by Gasteiger charge is 2.40. The summed E-state index contributed by atoms with van der Waals surface area (Å²) in [7, 11) is 0. The SMILES string of the molecule is Cl.O=C(C(Sc1ccc(F)c(F)c1)c1ccccc1)N1C[C@H]2CNC[C@H]2C1. The largest absolute Gasteiger partial charge is 0.341 e. The van der Waals surface area contributed by atoms with Crippen LogP contribution in [0, 0.1) is 23.5 Å². The second kappa shape index (κ2) is 8.59. The molecule has 2 heterocycles. The number of thioether (sulfide) groups is 1. The highest BCUT2D eigenvalue weighted by molar-refractivity contribution is 8.00. The summed E-state index contributed by atoms with van der Waals surface area (Å²) in [6.07, 6.45) is 0. The molecule has 0 bridgehead atoms. The molecule has 2 fully saturated rings. The van der Waals surface area contributed by atoms with Crippen molar-refractivity contribution in [2.75, 3.05) is 26.2 Å². The third kappa shape index (κ3) is 4.28. The summed E-state index contributed by atoms with van der Waals surface area (Å²) in [6, 6.07) is 13.3. The van der Waals surface area contributed by atoms with Crippen LogP contribution in [0.4, 0.5) is 8.78 Å². The average molecular weight is 411 g/mol. The van der Waals surface area contributed by atoms with Gasteiger partial charge in [-0.25, -0.2) is 8.78 Å². The third-order valence-electron chi connectivity index (χ3n) is 5.17. The Hall–Kier alpha value is -1.63. The third-order valence-corrected chi connectivity index (χ3v) is 6.41. The number of nitrogens with zero attached hydrogens (tertiary/aromatic N) is 1. The Labute approximate surface area is 167 Å². The van der Waals surface area contributed by atoms with E-state index in [1.165, 1.54) is 17.8 Å². The van der Waals surface area contributed by atoms with E-state index in [-0.39, 0.29) is 18.3 Å². The first-order valence-electron chi connectivity index (χ1n) is 8.78. The lowest BCUT2D eigenvalue weighted by Gasteiger charge is -2.24. The van der Waals surface area contributed by atoms with Gasteiger partial charge in [0.25, 0.3) is 0 Å². The standard InChI is InChI=1S/C20H20F2N2OS.ClH/c21-17-7-6-16(8-18(17)22)26-19(13-4-2-1-3-5-13)20(25)24-11-14-9-23-10-15(14)12-24;/h1-8,14-15,19,23H,9-12H2;1H/t14-,15+,19?;. The molecule has 0 saturated carbocycles. The van der Waals surface area contributed by atoms with Gasteiger partial charge in [0, 0.05) is 31.1 Å². The molecular weight excluding hydrogens is 390 g/mol. The molecule has 4 rings (SSSR count). The minimum absolute atomic E-state index is 0. The van der Waals surface area contributed by atoms with Crippen LogP contribution in [0.15, 0.2) is 53.4 Å². The molecule has 144 valence electrons. The number of amides is 1. The van der Waals surface area contributed by atoms with Crippen LogP contribution >= 0.6 is 24.2 Å². The van der Waals surface area contributed by atoms with Crippen LogP contribution in [0.5, 0.6) is 0 Å². The van der Waals surface area contributed by atoms with Gasteiger partial charge in [-0.1, -0.05) is 30.3 Å². The lowest BCUT2D eigenvalue weighted by atomic mass is 10.0. The summed E-state index contributed by atoms with van der Waals surface area (Å²) in [6.45, 7) is 3.44. The first-order chi connectivity index (χ1) is 12.6. The van der Waals surface area contributed by atoms with Crippen molar-refractivity contribution in [3.8, 4) is 0 Å². The van der Waals surface area contributed by atoms with Gasteiger partial charge in [0.1, 0.15) is 5.25 Å². The maximum Gasteiger partial charge on any atom is 0.240 e. The van der Waals surface area contributed by atoms with Gasteiger partial charge in [-0.05, 0) is 35.6 Å². The number of halogens is 3. The molecule has 0 aliphatic carbocycles. The first kappa shape index (κ1) is 20.1. The monoisotopic (exact) mass is 410 g/mol. The summed E-state index contributed by atoms with van der Waals surface area (Å²) in [5.41, 5.74) is 0.877. The molecule has 3 atom stereocenters. The van der Waals surface area contributed by atoms with Crippen molar-refractivity contribution < 1.29 is 13.6 Å². The molecular formula is C20H21ClF2N2OS. The van der Waals surface area contributed by atoms with E-state index in [1.807, 2.05) is 35.2 Å². The Balaban J connectivity index is 0.00000210. The van der Waals surface area contributed by atoms with E-state index < -0.39 is 16.9 Å². The van der Waals surface area contributed by atoms with Crippen molar-refractivity contribution in [2.24, 2.45) is 11.8 Å². The van der Waals surface area contributed by atoms with Gasteiger partial charge >= 0.3 is 0 Å². The zero-order valence-corrected chi connectivity index (χ0v) is 16.2. The number of hydrogen-bond acceptors (Lipinski definition) is 3. The summed E-state index contributed by atoms with van der Waals surface area (Å²) >= 11 is 1.27. The molecule has 2 aliphatic heterocycles. The molecule has 7 heteroatoms. The van der Waals surface area contributed by atoms with Gasteiger partial charge in [-0.2, -0.15) is 0 Å². The number of carbonyl (C=O) groups excluding carboxylic acids is 1. The fourth-order valence-electron chi connectivity index (χ4n) is 3.78. The van der Waals surface area contributed by atoms with Gasteiger partial charge < -0.3 is 10.2 Å². The molecule has 2 aromatic carbocycles. The number of nitrogens with one attached hydrogen (secondary N) is 1. The van der Waals surface area contributed by atoms with Gasteiger partial charge in [0.2, 0.25) is 5.91 Å². The first-order valence-corrected chi connectivity index (χ1v) is 9.66. The van der Waals surface area contributed by atoms with Crippen LogP contribution in [0.3, 0.4) is 0 Å². The smallest absolute Gasteiger partial charge is 0.240 e. The predicted molar refractivity (Wildman–Crippen MR) is 105 cm³/mol. The normalized spacial score (nSPS) is 22.2. The van der Waals surface area contributed by atoms with Crippen LogP contribution in [0.1, 0.15) is 10.8 Å². The lowest BCUT2D eigenvalue weighted by molar-refractivity contribution is -0.130. The Morgan fingerprint density at radius 1 is 1.04 bits per heavy atom. The molecule has 0 radical (unpaired) electrons. The Morgan fingerprint density at radius 2 is 1.70 bits per heavy atom. The number of rotatable bonds is 4. The fraction of sp³-hybridized carbons (Fsp3) is 0.350. The van der Waals surface area contributed by atoms with Crippen LogP contribution in [0.2, 0.25) is 0 Å². The van der Waals surface area contributed by atoms with E-state index in [4.69, 9.17) is 0 Å². The van der Waals surface area contributed by atoms with Crippen molar-refractivity contribution >= 4 is 30.1 Å². The molecule has 2 saturated heterocycles. The van der Waals surface area contributed by atoms with E-state index in [0.29, 0.717) is 16.7 Å². The maximum atomic E-state index is 13.6. The molecule has 2 aliphatic rings. The van der Waals surface area contributed by atoms with Gasteiger partial charge in [0.05, 0.1) is 0 Å². The molecule has 1 unspecified atom stereocenters. The molecule has 3 nitrogen and oxygen atoms in total. The number of carbonyl (C=O) groups is 1. The second-order valence-corrected chi connectivity index (χ2v) is 8.08. The number of fused-ring (bicyclic) bond motifs is 1. The maximum absolute atomic E-state index is 13.6. The highest BCUT2D eigenvalue weighted by atomic mass is 35.5. The second-order valence-electron chi connectivity index (χ2n) is 6.91. The van der Waals surface area contributed by atoms with E-state index in [9.17, 15) is 13.6 Å². The van der Waals surface area contributed by atoms with Gasteiger partial charge in [-0.3, -0.25) is 4.79 Å². The summed E-state index contributed by atoms with van der Waals surface area (Å²) in [5.74, 6) is -0.694. The number of hydrogen-bond donors (Lipinski definition) is 1. The minimum Gasteiger partial charge on any atom is -0.341 e. The van der Waals surface area contributed by atoms with Crippen molar-refractivity contribution in [2.45, 2.75) is 10.1 Å². The van der Waals surface area contributed by atoms with Crippen LogP contribution in [-0.2, 0) is 4.79 Å². The molecule has 27 heavy (non-hydrogen) atoms. The van der Waals surface area contributed by atoms with Crippen LogP contribution in [0.25, 0.3) is 0 Å². The lowest BCUT2D eigenvalue weighted by Crippen LogP contribution is -2.34. The summed E-state index contributed by atoms with van der Waals surface area (Å²) in [5, 5.41) is 2.91.